The molecule has 1 aliphatic heterocycles. The first kappa shape index (κ1) is 20.0. The van der Waals surface area contributed by atoms with E-state index < -0.39 is 5.54 Å². The fraction of sp³-hybridized carbons (Fsp3) is 0.318. The van der Waals surface area contributed by atoms with Gasteiger partial charge in [-0.1, -0.05) is 29.8 Å². The third-order valence-corrected chi connectivity index (χ3v) is 6.35. The number of ether oxygens (including phenoxy) is 1. The van der Waals surface area contributed by atoms with Gasteiger partial charge in [-0.3, -0.25) is 4.79 Å². The zero-order valence-corrected chi connectivity index (χ0v) is 17.9. The lowest BCUT2D eigenvalue weighted by Gasteiger charge is -2.24. The van der Waals surface area contributed by atoms with E-state index in [2.05, 4.69) is 10.3 Å². The predicted molar refractivity (Wildman–Crippen MR) is 115 cm³/mol. The van der Waals surface area contributed by atoms with Crippen LogP contribution in [0.3, 0.4) is 0 Å². The summed E-state index contributed by atoms with van der Waals surface area (Å²) in [5, 5.41) is 6.43. The molecule has 0 radical (unpaired) electrons. The predicted octanol–water partition coefficient (Wildman–Crippen LogP) is 5.03. The van der Waals surface area contributed by atoms with Gasteiger partial charge >= 0.3 is 0 Å². The van der Waals surface area contributed by atoms with Crippen LogP contribution in [0.1, 0.15) is 47.2 Å². The number of amides is 1. The normalized spacial score (nSPS) is 16.7. The summed E-state index contributed by atoms with van der Waals surface area (Å²) >= 11 is 7.73. The van der Waals surface area contributed by atoms with E-state index in [9.17, 15) is 4.79 Å². The zero-order valence-electron chi connectivity index (χ0n) is 16.3. The van der Waals surface area contributed by atoms with E-state index in [0.717, 1.165) is 34.9 Å². The fourth-order valence-electron chi connectivity index (χ4n) is 3.51. The van der Waals surface area contributed by atoms with E-state index in [1.165, 1.54) is 11.3 Å². The van der Waals surface area contributed by atoms with Crippen molar-refractivity contribution in [1.82, 2.24) is 15.3 Å². The number of pyridine rings is 1. The number of thiazole rings is 1. The summed E-state index contributed by atoms with van der Waals surface area (Å²) in [4.78, 5) is 22.1. The minimum Gasteiger partial charge on any atom is -0.381 e. The van der Waals surface area contributed by atoms with Crippen LogP contribution in [0.5, 0.6) is 0 Å². The standard InChI is InChI=1S/C22H22ClN3O2S/c1-22(2,21-24-9-11-29-21)26-20(27)18-7-6-17(15-8-10-28-13-15)19(25-18)14-4-3-5-16(23)12-14/h3-7,9,11-12,15H,8,10,13H2,1-2H3,(H,26,27). The van der Waals surface area contributed by atoms with Gasteiger partial charge in [0.2, 0.25) is 0 Å². The number of nitrogens with one attached hydrogen (secondary N) is 1. The molecule has 5 nitrogen and oxygen atoms in total. The summed E-state index contributed by atoms with van der Waals surface area (Å²) in [5.74, 6) is 0.0306. The van der Waals surface area contributed by atoms with Gasteiger partial charge in [-0.15, -0.1) is 11.3 Å². The molecule has 1 aliphatic rings. The lowest BCUT2D eigenvalue weighted by molar-refractivity contribution is 0.0907. The molecule has 3 aromatic rings. The van der Waals surface area contributed by atoms with Crippen LogP contribution in [0.2, 0.25) is 5.02 Å². The van der Waals surface area contributed by atoms with Crippen LogP contribution in [0, 0.1) is 0 Å². The van der Waals surface area contributed by atoms with Crippen molar-refractivity contribution in [1.29, 1.82) is 0 Å². The third kappa shape index (κ3) is 4.34. The van der Waals surface area contributed by atoms with Crippen LogP contribution in [-0.4, -0.2) is 29.1 Å². The van der Waals surface area contributed by atoms with Gasteiger partial charge in [-0.2, -0.15) is 0 Å². The van der Waals surface area contributed by atoms with Gasteiger partial charge < -0.3 is 10.1 Å². The van der Waals surface area contributed by atoms with Crippen molar-refractivity contribution in [3.8, 4) is 11.3 Å². The summed E-state index contributed by atoms with van der Waals surface area (Å²) in [6.07, 6.45) is 2.68. The largest absolute Gasteiger partial charge is 0.381 e. The van der Waals surface area contributed by atoms with Crippen LogP contribution < -0.4 is 5.32 Å². The van der Waals surface area contributed by atoms with Gasteiger partial charge in [0.15, 0.2) is 0 Å². The second kappa shape index (κ2) is 8.22. The van der Waals surface area contributed by atoms with E-state index in [1.807, 2.05) is 49.6 Å². The number of carbonyl (C=O) groups excluding carboxylic acids is 1. The summed E-state index contributed by atoms with van der Waals surface area (Å²) in [7, 11) is 0. The lowest BCUT2D eigenvalue weighted by Crippen LogP contribution is -2.41. The lowest BCUT2D eigenvalue weighted by atomic mass is 9.93. The number of nitrogens with zero attached hydrogens (tertiary/aromatic N) is 2. The fourth-order valence-corrected chi connectivity index (χ4v) is 4.41. The van der Waals surface area contributed by atoms with Crippen molar-refractivity contribution < 1.29 is 9.53 Å². The first-order chi connectivity index (χ1) is 13.9. The highest BCUT2D eigenvalue weighted by Crippen LogP contribution is 2.34. The Hall–Kier alpha value is -2.28. The number of carbonyl (C=O) groups is 1. The Morgan fingerprint density at radius 1 is 1.31 bits per heavy atom. The van der Waals surface area contributed by atoms with Gasteiger partial charge in [0.05, 0.1) is 17.8 Å². The van der Waals surface area contributed by atoms with Crippen molar-refractivity contribution >= 4 is 28.8 Å². The quantitative estimate of drug-likeness (QED) is 0.620. The Morgan fingerprint density at radius 3 is 2.86 bits per heavy atom. The summed E-state index contributed by atoms with van der Waals surface area (Å²) in [6.45, 7) is 5.28. The van der Waals surface area contributed by atoms with Crippen molar-refractivity contribution in [3.63, 3.8) is 0 Å². The maximum Gasteiger partial charge on any atom is 0.270 e. The van der Waals surface area contributed by atoms with Crippen molar-refractivity contribution in [2.45, 2.75) is 31.7 Å². The average molecular weight is 428 g/mol. The summed E-state index contributed by atoms with van der Waals surface area (Å²) in [6, 6.07) is 11.4. The Kier molecular flexibility index (Phi) is 5.67. The molecule has 0 bridgehead atoms. The topological polar surface area (TPSA) is 64.1 Å². The minimum absolute atomic E-state index is 0.234. The smallest absolute Gasteiger partial charge is 0.270 e. The average Bonchev–Trinajstić information content (AvgIpc) is 3.41. The van der Waals surface area contributed by atoms with E-state index >= 15 is 0 Å². The highest BCUT2D eigenvalue weighted by molar-refractivity contribution is 7.09. The molecular formula is C22H22ClN3O2S. The van der Waals surface area contributed by atoms with Crippen molar-refractivity contribution in [3.05, 3.63) is 69.3 Å². The second-order valence-corrected chi connectivity index (χ2v) is 8.95. The molecule has 0 aliphatic carbocycles. The summed E-state index contributed by atoms with van der Waals surface area (Å²) < 4.78 is 5.57. The molecule has 1 unspecified atom stereocenters. The van der Waals surface area contributed by atoms with Crippen LogP contribution >= 0.6 is 22.9 Å². The zero-order chi connectivity index (χ0) is 20.4. The van der Waals surface area contributed by atoms with Gasteiger partial charge in [0, 0.05) is 34.7 Å². The van der Waals surface area contributed by atoms with Crippen LogP contribution in [0.25, 0.3) is 11.3 Å². The van der Waals surface area contributed by atoms with E-state index in [0.29, 0.717) is 17.3 Å². The maximum absolute atomic E-state index is 13.0. The molecule has 1 saturated heterocycles. The molecule has 1 atom stereocenters. The molecular weight excluding hydrogens is 406 g/mol. The number of hydrogen-bond donors (Lipinski definition) is 1. The Bertz CT molecular complexity index is 1010. The molecule has 1 fully saturated rings. The minimum atomic E-state index is -0.582. The molecule has 1 aromatic carbocycles. The highest BCUT2D eigenvalue weighted by Gasteiger charge is 2.28. The Morgan fingerprint density at radius 2 is 2.17 bits per heavy atom. The van der Waals surface area contributed by atoms with E-state index in [4.69, 9.17) is 21.3 Å². The Labute approximate surface area is 179 Å². The molecule has 1 N–H and O–H groups in total. The first-order valence-corrected chi connectivity index (χ1v) is 10.8. The van der Waals surface area contributed by atoms with Gasteiger partial charge in [0.1, 0.15) is 10.7 Å². The molecule has 7 heteroatoms. The number of hydrogen-bond acceptors (Lipinski definition) is 5. The SMILES string of the molecule is CC(C)(NC(=O)c1ccc(C2CCOC2)c(-c2cccc(Cl)c2)n1)c1nccs1. The maximum atomic E-state index is 13.0. The van der Waals surface area contributed by atoms with Crippen LogP contribution in [0.4, 0.5) is 0 Å². The molecule has 29 heavy (non-hydrogen) atoms. The number of rotatable bonds is 5. The molecule has 3 heterocycles. The second-order valence-electron chi connectivity index (χ2n) is 7.62. The van der Waals surface area contributed by atoms with Crippen LogP contribution in [0.15, 0.2) is 48.0 Å². The van der Waals surface area contributed by atoms with Crippen LogP contribution in [-0.2, 0) is 10.3 Å². The van der Waals surface area contributed by atoms with Crippen molar-refractivity contribution in [2.24, 2.45) is 0 Å². The molecule has 4 rings (SSSR count). The van der Waals surface area contributed by atoms with Gasteiger partial charge in [-0.05, 0) is 44.0 Å². The molecule has 1 amide bonds. The molecule has 0 spiro atoms. The third-order valence-electron chi connectivity index (χ3n) is 5.02. The number of benzene rings is 1. The monoisotopic (exact) mass is 427 g/mol. The van der Waals surface area contributed by atoms with E-state index in [1.54, 1.807) is 12.3 Å². The number of aromatic nitrogens is 2. The number of halogens is 1. The molecule has 2 aromatic heterocycles. The van der Waals surface area contributed by atoms with E-state index in [-0.39, 0.29) is 11.8 Å². The highest BCUT2D eigenvalue weighted by atomic mass is 35.5. The van der Waals surface area contributed by atoms with Crippen molar-refractivity contribution in [2.75, 3.05) is 13.2 Å². The first-order valence-electron chi connectivity index (χ1n) is 9.51. The van der Waals surface area contributed by atoms with Gasteiger partial charge in [-0.25, -0.2) is 9.97 Å². The molecule has 0 saturated carbocycles. The van der Waals surface area contributed by atoms with Gasteiger partial charge in [0.25, 0.3) is 5.91 Å². The summed E-state index contributed by atoms with van der Waals surface area (Å²) in [5.41, 5.74) is 2.55. The Balaban J connectivity index is 1.69. The molecule has 150 valence electrons.